The molecule has 0 radical (unpaired) electrons. The van der Waals surface area contributed by atoms with E-state index >= 15 is 0 Å². The van der Waals surface area contributed by atoms with E-state index in [1.54, 1.807) is 6.07 Å². The summed E-state index contributed by atoms with van der Waals surface area (Å²) in [7, 11) is 1.92. The van der Waals surface area contributed by atoms with Crippen LogP contribution in [-0.2, 0) is 0 Å². The quantitative estimate of drug-likeness (QED) is 0.337. The molecule has 0 unspecified atom stereocenters. The second kappa shape index (κ2) is 2.78. The number of hydrogen-bond acceptors (Lipinski definition) is 2. The van der Waals surface area contributed by atoms with Gasteiger partial charge in [0.05, 0.1) is 0 Å². The molecule has 0 heterocycles. The molecule has 2 N–H and O–H groups in total. The summed E-state index contributed by atoms with van der Waals surface area (Å²) in [6.45, 7) is 1.54. The van der Waals surface area contributed by atoms with Gasteiger partial charge in [0.1, 0.15) is 7.85 Å². The summed E-state index contributed by atoms with van der Waals surface area (Å²) in [6, 6.07) is 5.36. The molecule has 0 saturated carbocycles. The zero-order chi connectivity index (χ0) is 8.43. The van der Waals surface area contributed by atoms with Gasteiger partial charge in [-0.25, -0.2) is 0 Å². The highest BCUT2D eigenvalue weighted by atomic mass is 16.1. The fourth-order valence-electron chi connectivity index (χ4n) is 1.02. The summed E-state index contributed by atoms with van der Waals surface area (Å²) in [6.07, 6.45) is 0. The first-order valence-electron chi connectivity index (χ1n) is 3.47. The van der Waals surface area contributed by atoms with Gasteiger partial charge in [-0.1, -0.05) is 11.5 Å². The van der Waals surface area contributed by atoms with Crippen LogP contribution in [0.15, 0.2) is 18.2 Å². The number of nitrogens with two attached hydrogens (primary N) is 1. The molecule has 1 rings (SSSR count). The van der Waals surface area contributed by atoms with E-state index in [1.165, 1.54) is 6.92 Å². The first kappa shape index (κ1) is 7.86. The van der Waals surface area contributed by atoms with Crippen LogP contribution in [0.2, 0.25) is 0 Å². The molecular formula is C8H10BNO. The van der Waals surface area contributed by atoms with Crippen LogP contribution in [-0.4, -0.2) is 13.6 Å². The minimum Gasteiger partial charge on any atom is -0.399 e. The zero-order valence-electron chi connectivity index (χ0n) is 6.72. The molecule has 1 aromatic carbocycles. The first-order valence-corrected chi connectivity index (χ1v) is 3.47. The maximum absolute atomic E-state index is 10.9. The van der Waals surface area contributed by atoms with E-state index in [0.717, 1.165) is 5.46 Å². The number of rotatable bonds is 1. The average Bonchev–Trinajstić information content (AvgIpc) is 1.85. The standard InChI is InChI=1S/C8H10BNO/c1-5(11)6-2-7(9)4-8(10)3-6/h2-4H,9-10H2,1H3. The van der Waals surface area contributed by atoms with Crippen molar-refractivity contribution in [2.45, 2.75) is 6.92 Å². The van der Waals surface area contributed by atoms with Crippen LogP contribution in [0, 0.1) is 0 Å². The van der Waals surface area contributed by atoms with Crippen molar-refractivity contribution >= 4 is 24.8 Å². The molecule has 2 nitrogen and oxygen atoms in total. The van der Waals surface area contributed by atoms with E-state index < -0.39 is 0 Å². The molecule has 3 heteroatoms. The molecule has 0 aliphatic rings. The summed E-state index contributed by atoms with van der Waals surface area (Å²) in [5, 5.41) is 0. The van der Waals surface area contributed by atoms with Gasteiger partial charge in [-0.2, -0.15) is 0 Å². The summed E-state index contributed by atoms with van der Waals surface area (Å²) in [5.74, 6) is 0.0559. The molecule has 56 valence electrons. The molecule has 0 fully saturated rings. The molecule has 1 aromatic rings. The van der Waals surface area contributed by atoms with Crippen molar-refractivity contribution in [3.8, 4) is 0 Å². The van der Waals surface area contributed by atoms with Gasteiger partial charge < -0.3 is 5.73 Å². The topological polar surface area (TPSA) is 43.1 Å². The van der Waals surface area contributed by atoms with Crippen molar-refractivity contribution in [2.24, 2.45) is 0 Å². The highest BCUT2D eigenvalue weighted by Crippen LogP contribution is 2.04. The predicted octanol–water partition coefficient (Wildman–Crippen LogP) is -0.270. The van der Waals surface area contributed by atoms with Gasteiger partial charge >= 0.3 is 0 Å². The van der Waals surface area contributed by atoms with E-state index in [0.29, 0.717) is 11.3 Å². The zero-order valence-corrected chi connectivity index (χ0v) is 6.72. The molecular weight excluding hydrogens is 137 g/mol. The third-order valence-corrected chi connectivity index (χ3v) is 1.51. The average molecular weight is 147 g/mol. The van der Waals surface area contributed by atoms with E-state index in [4.69, 9.17) is 5.73 Å². The largest absolute Gasteiger partial charge is 0.399 e. The number of anilines is 1. The molecule has 0 spiro atoms. The third-order valence-electron chi connectivity index (χ3n) is 1.51. The Bertz CT molecular complexity index is 276. The lowest BCUT2D eigenvalue weighted by Crippen LogP contribution is -2.07. The molecule has 11 heavy (non-hydrogen) atoms. The summed E-state index contributed by atoms with van der Waals surface area (Å²) >= 11 is 0. The number of carbonyl (C=O) groups excluding carboxylic acids is 1. The van der Waals surface area contributed by atoms with Crippen LogP contribution in [0.4, 0.5) is 5.69 Å². The van der Waals surface area contributed by atoms with Crippen molar-refractivity contribution in [3.63, 3.8) is 0 Å². The van der Waals surface area contributed by atoms with Crippen molar-refractivity contribution in [1.29, 1.82) is 0 Å². The molecule has 0 atom stereocenters. The van der Waals surface area contributed by atoms with Gasteiger partial charge in [0, 0.05) is 11.3 Å². The number of Topliss-reactive ketones (excluding diaryl/α,β-unsaturated/α-hetero) is 1. The summed E-state index contributed by atoms with van der Waals surface area (Å²) < 4.78 is 0. The second-order valence-electron chi connectivity index (χ2n) is 2.69. The maximum atomic E-state index is 10.9. The summed E-state index contributed by atoms with van der Waals surface area (Å²) in [5.41, 5.74) is 7.90. The van der Waals surface area contributed by atoms with E-state index in [2.05, 4.69) is 0 Å². The van der Waals surface area contributed by atoms with Crippen molar-refractivity contribution in [3.05, 3.63) is 23.8 Å². The Morgan fingerprint density at radius 2 is 2.09 bits per heavy atom. The SMILES string of the molecule is Bc1cc(N)cc(C(C)=O)c1. The Morgan fingerprint density at radius 1 is 1.45 bits per heavy atom. The van der Waals surface area contributed by atoms with Gasteiger partial charge in [-0.05, 0) is 19.1 Å². The Morgan fingerprint density at radius 3 is 2.55 bits per heavy atom. The minimum atomic E-state index is 0.0559. The van der Waals surface area contributed by atoms with Crippen LogP contribution in [0.1, 0.15) is 17.3 Å². The fourth-order valence-corrected chi connectivity index (χ4v) is 1.02. The summed E-state index contributed by atoms with van der Waals surface area (Å²) in [4.78, 5) is 10.9. The lowest BCUT2D eigenvalue weighted by Gasteiger charge is -1.99. The van der Waals surface area contributed by atoms with Gasteiger partial charge in [0.25, 0.3) is 0 Å². The lowest BCUT2D eigenvalue weighted by molar-refractivity contribution is 0.101. The molecule has 0 bridgehead atoms. The van der Waals surface area contributed by atoms with Crippen LogP contribution in [0.3, 0.4) is 0 Å². The molecule has 0 saturated heterocycles. The van der Waals surface area contributed by atoms with Crippen molar-refractivity contribution in [2.75, 3.05) is 5.73 Å². The Hall–Kier alpha value is -1.25. The van der Waals surface area contributed by atoms with Crippen LogP contribution < -0.4 is 11.2 Å². The van der Waals surface area contributed by atoms with Gasteiger partial charge in [-0.3, -0.25) is 4.79 Å². The van der Waals surface area contributed by atoms with E-state index in [9.17, 15) is 4.79 Å². The number of hydrogen-bond donors (Lipinski definition) is 1. The van der Waals surface area contributed by atoms with E-state index in [1.807, 2.05) is 20.0 Å². The molecule has 0 aliphatic heterocycles. The van der Waals surface area contributed by atoms with Crippen molar-refractivity contribution in [1.82, 2.24) is 0 Å². The number of benzene rings is 1. The van der Waals surface area contributed by atoms with Crippen LogP contribution in [0.5, 0.6) is 0 Å². The minimum absolute atomic E-state index is 0.0559. The van der Waals surface area contributed by atoms with Crippen LogP contribution in [0.25, 0.3) is 0 Å². The van der Waals surface area contributed by atoms with E-state index in [-0.39, 0.29) is 5.78 Å². The van der Waals surface area contributed by atoms with Gasteiger partial charge in [0.15, 0.2) is 5.78 Å². The Labute approximate surface area is 66.8 Å². The second-order valence-corrected chi connectivity index (χ2v) is 2.69. The van der Waals surface area contributed by atoms with Gasteiger partial charge in [-0.15, -0.1) is 0 Å². The highest BCUT2D eigenvalue weighted by Gasteiger charge is 1.99. The predicted molar refractivity (Wildman–Crippen MR) is 49.0 cm³/mol. The third kappa shape index (κ3) is 1.83. The highest BCUT2D eigenvalue weighted by molar-refractivity contribution is 6.33. The van der Waals surface area contributed by atoms with Crippen molar-refractivity contribution < 1.29 is 4.79 Å². The van der Waals surface area contributed by atoms with Crippen LogP contribution >= 0.6 is 0 Å². The van der Waals surface area contributed by atoms with Gasteiger partial charge in [0.2, 0.25) is 0 Å². The first-order chi connectivity index (χ1) is 5.09. The normalized spacial score (nSPS) is 9.55. The smallest absolute Gasteiger partial charge is 0.159 e. The number of carbonyl (C=O) groups is 1. The maximum Gasteiger partial charge on any atom is 0.159 e. The number of ketones is 1. The lowest BCUT2D eigenvalue weighted by atomic mass is 9.93. The monoisotopic (exact) mass is 147 g/mol. The Kier molecular flexibility index (Phi) is 1.99. The Balaban J connectivity index is 3.19. The fraction of sp³-hybridized carbons (Fsp3) is 0.125. The number of nitrogen functional groups attached to an aromatic ring is 1. The molecule has 0 amide bonds. The molecule has 0 aliphatic carbocycles. The molecule has 0 aromatic heterocycles.